The Kier molecular flexibility index (Phi) is 2.94. The number of rotatable bonds is 2. The van der Waals surface area contributed by atoms with Gasteiger partial charge >= 0.3 is 0 Å². The van der Waals surface area contributed by atoms with E-state index in [1.165, 1.54) is 12.1 Å². The second-order valence-electron chi connectivity index (χ2n) is 2.19. The molecule has 0 radical (unpaired) electrons. The van der Waals surface area contributed by atoms with E-state index in [4.69, 9.17) is 17.3 Å². The fraction of sp³-hybridized carbons (Fsp3) is 0.286. The first-order valence-corrected chi connectivity index (χ1v) is 3.66. The molecule has 1 rings (SSSR count). The molecule has 0 spiro atoms. The SMILES string of the molecule is NCc1ccc(C(F)F)c(Cl)n1. The monoisotopic (exact) mass is 192 g/mol. The number of nitrogens with zero attached hydrogens (tertiary/aromatic N) is 1. The molecular weight excluding hydrogens is 186 g/mol. The van der Waals surface area contributed by atoms with Gasteiger partial charge in [-0.3, -0.25) is 0 Å². The average Bonchev–Trinajstić information content (AvgIpc) is 2.03. The van der Waals surface area contributed by atoms with Gasteiger partial charge in [-0.2, -0.15) is 0 Å². The lowest BCUT2D eigenvalue weighted by Gasteiger charge is -2.02. The second-order valence-corrected chi connectivity index (χ2v) is 2.55. The van der Waals surface area contributed by atoms with Gasteiger partial charge in [-0.25, -0.2) is 13.8 Å². The number of pyridine rings is 1. The van der Waals surface area contributed by atoms with Crippen LogP contribution in [0.1, 0.15) is 17.7 Å². The van der Waals surface area contributed by atoms with Crippen molar-refractivity contribution in [3.63, 3.8) is 0 Å². The summed E-state index contributed by atoms with van der Waals surface area (Å²) < 4.78 is 24.2. The Morgan fingerprint density at radius 3 is 2.58 bits per heavy atom. The van der Waals surface area contributed by atoms with Gasteiger partial charge in [0.2, 0.25) is 0 Å². The number of hydrogen-bond acceptors (Lipinski definition) is 2. The third kappa shape index (κ3) is 1.89. The van der Waals surface area contributed by atoms with E-state index in [-0.39, 0.29) is 17.3 Å². The van der Waals surface area contributed by atoms with E-state index >= 15 is 0 Å². The summed E-state index contributed by atoms with van der Waals surface area (Å²) in [7, 11) is 0. The maximum Gasteiger partial charge on any atom is 0.266 e. The average molecular weight is 193 g/mol. The lowest BCUT2D eigenvalue weighted by molar-refractivity contribution is 0.151. The Morgan fingerprint density at radius 2 is 2.17 bits per heavy atom. The summed E-state index contributed by atoms with van der Waals surface area (Å²) >= 11 is 5.46. The predicted molar refractivity (Wildman–Crippen MR) is 42.1 cm³/mol. The molecule has 0 saturated carbocycles. The van der Waals surface area contributed by atoms with Crippen molar-refractivity contribution in [3.8, 4) is 0 Å². The molecule has 0 fully saturated rings. The van der Waals surface area contributed by atoms with E-state index in [0.717, 1.165) is 0 Å². The van der Waals surface area contributed by atoms with Crippen molar-refractivity contribution >= 4 is 11.6 Å². The molecule has 12 heavy (non-hydrogen) atoms. The lowest BCUT2D eigenvalue weighted by atomic mass is 10.2. The molecule has 0 saturated heterocycles. The Hall–Kier alpha value is -0.740. The fourth-order valence-electron chi connectivity index (χ4n) is 0.759. The van der Waals surface area contributed by atoms with Crippen LogP contribution >= 0.6 is 11.6 Å². The van der Waals surface area contributed by atoms with Gasteiger partial charge in [-0.1, -0.05) is 11.6 Å². The zero-order valence-corrected chi connectivity index (χ0v) is 6.85. The largest absolute Gasteiger partial charge is 0.325 e. The highest BCUT2D eigenvalue weighted by atomic mass is 35.5. The van der Waals surface area contributed by atoms with Gasteiger partial charge in [0.25, 0.3) is 6.43 Å². The standard InChI is InChI=1S/C7H7ClF2N2/c8-6-5(7(9)10)2-1-4(3-11)12-6/h1-2,7H,3,11H2. The summed E-state index contributed by atoms with van der Waals surface area (Å²) in [6, 6.07) is 2.68. The summed E-state index contributed by atoms with van der Waals surface area (Å²) in [5.41, 5.74) is 5.48. The van der Waals surface area contributed by atoms with Crippen molar-refractivity contribution in [2.45, 2.75) is 13.0 Å². The van der Waals surface area contributed by atoms with Gasteiger partial charge in [-0.15, -0.1) is 0 Å². The maximum absolute atomic E-state index is 12.1. The van der Waals surface area contributed by atoms with Crippen LogP contribution in [0.15, 0.2) is 12.1 Å². The number of hydrogen-bond donors (Lipinski definition) is 1. The third-order valence-electron chi connectivity index (χ3n) is 1.38. The van der Waals surface area contributed by atoms with Gasteiger partial charge < -0.3 is 5.73 Å². The molecule has 0 aliphatic carbocycles. The predicted octanol–water partition coefficient (Wildman–Crippen LogP) is 2.13. The maximum atomic E-state index is 12.1. The van der Waals surface area contributed by atoms with E-state index in [0.29, 0.717) is 5.69 Å². The molecule has 0 amide bonds. The Balaban J connectivity index is 3.03. The molecule has 0 unspecified atom stereocenters. The highest BCUT2D eigenvalue weighted by Crippen LogP contribution is 2.25. The molecule has 1 aromatic rings. The van der Waals surface area contributed by atoms with Crippen LogP contribution in [0.5, 0.6) is 0 Å². The van der Waals surface area contributed by atoms with Crippen LogP contribution in [0.3, 0.4) is 0 Å². The zero-order chi connectivity index (χ0) is 9.14. The minimum absolute atomic E-state index is 0.173. The molecule has 66 valence electrons. The van der Waals surface area contributed by atoms with Crippen molar-refractivity contribution in [3.05, 3.63) is 28.5 Å². The van der Waals surface area contributed by atoms with Crippen LogP contribution < -0.4 is 5.73 Å². The van der Waals surface area contributed by atoms with Crippen molar-refractivity contribution in [1.29, 1.82) is 0 Å². The van der Waals surface area contributed by atoms with Crippen LogP contribution in [-0.2, 0) is 6.54 Å². The molecule has 0 atom stereocenters. The smallest absolute Gasteiger partial charge is 0.266 e. The lowest BCUT2D eigenvalue weighted by Crippen LogP contribution is -2.01. The quantitative estimate of drug-likeness (QED) is 0.730. The first kappa shape index (κ1) is 9.35. The highest BCUT2D eigenvalue weighted by molar-refractivity contribution is 6.30. The number of nitrogens with two attached hydrogens (primary N) is 1. The van der Waals surface area contributed by atoms with Gasteiger partial charge in [0.05, 0.1) is 11.3 Å². The van der Waals surface area contributed by atoms with Crippen molar-refractivity contribution in [2.24, 2.45) is 5.73 Å². The topological polar surface area (TPSA) is 38.9 Å². The first-order valence-electron chi connectivity index (χ1n) is 3.28. The number of alkyl halides is 2. The molecule has 2 N–H and O–H groups in total. The molecule has 0 aliphatic rings. The minimum atomic E-state index is -2.59. The summed E-state index contributed by atoms with van der Waals surface area (Å²) in [4.78, 5) is 3.67. The van der Waals surface area contributed by atoms with E-state index in [9.17, 15) is 8.78 Å². The number of halogens is 3. The Labute approximate surface area is 73.4 Å². The summed E-state index contributed by atoms with van der Waals surface area (Å²) in [5.74, 6) is 0. The van der Waals surface area contributed by atoms with E-state index in [1.807, 2.05) is 0 Å². The minimum Gasteiger partial charge on any atom is -0.325 e. The molecule has 1 aromatic heterocycles. The van der Waals surface area contributed by atoms with E-state index in [1.54, 1.807) is 0 Å². The van der Waals surface area contributed by atoms with Crippen LogP contribution in [-0.4, -0.2) is 4.98 Å². The Morgan fingerprint density at radius 1 is 1.50 bits per heavy atom. The summed E-state index contributed by atoms with van der Waals surface area (Å²) in [6.45, 7) is 0.198. The summed E-state index contributed by atoms with van der Waals surface area (Å²) in [5, 5.41) is -0.173. The molecule has 5 heteroatoms. The first-order chi connectivity index (χ1) is 5.65. The van der Waals surface area contributed by atoms with Crippen LogP contribution in [0.2, 0.25) is 5.15 Å². The molecule has 1 heterocycles. The molecule has 0 aliphatic heterocycles. The number of aromatic nitrogens is 1. The van der Waals surface area contributed by atoms with Gasteiger partial charge in [0.1, 0.15) is 5.15 Å². The van der Waals surface area contributed by atoms with Crippen molar-refractivity contribution < 1.29 is 8.78 Å². The molecule has 0 bridgehead atoms. The van der Waals surface area contributed by atoms with E-state index < -0.39 is 6.43 Å². The summed E-state index contributed by atoms with van der Waals surface area (Å²) in [6.07, 6.45) is -2.59. The van der Waals surface area contributed by atoms with Crippen LogP contribution in [0.25, 0.3) is 0 Å². The van der Waals surface area contributed by atoms with Crippen molar-refractivity contribution in [2.75, 3.05) is 0 Å². The van der Waals surface area contributed by atoms with E-state index in [2.05, 4.69) is 4.98 Å². The third-order valence-corrected chi connectivity index (χ3v) is 1.68. The van der Waals surface area contributed by atoms with Gasteiger partial charge in [0.15, 0.2) is 0 Å². The van der Waals surface area contributed by atoms with Crippen LogP contribution in [0, 0.1) is 0 Å². The molecule has 2 nitrogen and oxygen atoms in total. The Bertz CT molecular complexity index is 278. The molecule has 0 aromatic carbocycles. The molecular formula is C7H7ClF2N2. The second kappa shape index (κ2) is 3.78. The van der Waals surface area contributed by atoms with Crippen molar-refractivity contribution in [1.82, 2.24) is 4.98 Å². The fourth-order valence-corrected chi connectivity index (χ4v) is 1.01. The highest BCUT2D eigenvalue weighted by Gasteiger charge is 2.12. The zero-order valence-electron chi connectivity index (χ0n) is 6.10. The van der Waals surface area contributed by atoms with Crippen LogP contribution in [0.4, 0.5) is 8.78 Å². The normalized spacial score (nSPS) is 10.8. The van der Waals surface area contributed by atoms with Gasteiger partial charge in [0, 0.05) is 6.54 Å². The van der Waals surface area contributed by atoms with Gasteiger partial charge in [-0.05, 0) is 12.1 Å².